The van der Waals surface area contributed by atoms with Gasteiger partial charge in [-0.15, -0.1) is 14.8 Å². The zero-order valence-electron chi connectivity index (χ0n) is 6.99. The number of nitrogens with zero attached hydrogens (tertiary/aromatic N) is 6. The van der Waals surface area contributed by atoms with Gasteiger partial charge in [0.25, 0.3) is 0 Å². The van der Waals surface area contributed by atoms with Gasteiger partial charge in [0.1, 0.15) is 0 Å². The predicted octanol–water partition coefficient (Wildman–Crippen LogP) is -0.350. The minimum atomic E-state index is 0.368. The number of tetrazole rings is 1. The van der Waals surface area contributed by atoms with E-state index >= 15 is 0 Å². The van der Waals surface area contributed by atoms with E-state index < -0.39 is 0 Å². The third-order valence-electron chi connectivity index (χ3n) is 1.99. The first kappa shape index (κ1) is 7.13. The number of nitrogens with two attached hydrogens (primary N) is 1. The Bertz CT molecular complexity index is 614. The van der Waals surface area contributed by atoms with Crippen LogP contribution in [-0.4, -0.2) is 30.2 Å². The normalized spacial score (nSPS) is 11.1. The van der Waals surface area contributed by atoms with Crippen LogP contribution in [0.15, 0.2) is 18.5 Å². The fourth-order valence-corrected chi connectivity index (χ4v) is 1.36. The molecule has 0 aromatic carbocycles. The summed E-state index contributed by atoms with van der Waals surface area (Å²) in [5.41, 5.74) is 6.29. The van der Waals surface area contributed by atoms with E-state index in [1.54, 1.807) is 18.5 Å². The van der Waals surface area contributed by atoms with Crippen LogP contribution in [0.4, 0.5) is 5.82 Å². The van der Waals surface area contributed by atoms with Crippen molar-refractivity contribution in [1.82, 2.24) is 30.2 Å². The van der Waals surface area contributed by atoms with Gasteiger partial charge >= 0.3 is 0 Å². The first-order valence-electron chi connectivity index (χ1n) is 3.94. The number of nitrogen functional groups attached to an aromatic ring is 1. The summed E-state index contributed by atoms with van der Waals surface area (Å²) >= 11 is 0. The van der Waals surface area contributed by atoms with Crippen molar-refractivity contribution in [2.24, 2.45) is 0 Å². The Morgan fingerprint density at radius 2 is 2.21 bits per heavy atom. The molecule has 0 aliphatic rings. The molecule has 0 unspecified atom stereocenters. The van der Waals surface area contributed by atoms with Crippen molar-refractivity contribution in [2.75, 3.05) is 5.73 Å². The maximum absolute atomic E-state index is 5.71. The molecule has 0 radical (unpaired) electrons. The molecule has 0 saturated carbocycles. The molecule has 0 saturated heterocycles. The topological polar surface area (TPSA) is 94.9 Å². The quantitative estimate of drug-likeness (QED) is 0.516. The molecule has 7 nitrogen and oxygen atoms in total. The lowest BCUT2D eigenvalue weighted by molar-refractivity contribution is 0.740. The van der Waals surface area contributed by atoms with Crippen molar-refractivity contribution >= 4 is 22.2 Å². The number of rotatable bonds is 0. The van der Waals surface area contributed by atoms with Crippen molar-refractivity contribution in [2.45, 2.75) is 0 Å². The van der Waals surface area contributed by atoms with E-state index in [2.05, 4.69) is 25.6 Å². The van der Waals surface area contributed by atoms with Crippen LogP contribution in [-0.2, 0) is 0 Å². The first-order valence-corrected chi connectivity index (χ1v) is 3.94. The zero-order chi connectivity index (χ0) is 9.54. The average Bonchev–Trinajstić information content (AvgIpc) is 2.66. The summed E-state index contributed by atoms with van der Waals surface area (Å²) in [5.74, 6) is 0.368. The molecule has 0 aliphatic carbocycles. The van der Waals surface area contributed by atoms with Gasteiger partial charge in [-0.25, -0.2) is 0 Å². The Morgan fingerprint density at radius 3 is 3.14 bits per heavy atom. The molecule has 0 atom stereocenters. The van der Waals surface area contributed by atoms with Gasteiger partial charge in [0.15, 0.2) is 5.82 Å². The van der Waals surface area contributed by atoms with Gasteiger partial charge in [-0.3, -0.25) is 4.98 Å². The Hall–Kier alpha value is -2.31. The van der Waals surface area contributed by atoms with Crippen LogP contribution in [0.25, 0.3) is 16.4 Å². The molecule has 3 aromatic heterocycles. The van der Waals surface area contributed by atoms with Gasteiger partial charge in [0, 0.05) is 23.2 Å². The highest BCUT2D eigenvalue weighted by Crippen LogP contribution is 2.19. The summed E-state index contributed by atoms with van der Waals surface area (Å²) in [4.78, 5) is 3.97. The average molecular weight is 187 g/mol. The van der Waals surface area contributed by atoms with Crippen molar-refractivity contribution < 1.29 is 0 Å². The van der Waals surface area contributed by atoms with Crippen LogP contribution >= 0.6 is 0 Å². The lowest BCUT2D eigenvalue weighted by atomic mass is 10.2. The van der Waals surface area contributed by atoms with Gasteiger partial charge in [-0.05, 0) is 16.5 Å². The van der Waals surface area contributed by atoms with Crippen LogP contribution in [0.5, 0.6) is 0 Å². The summed E-state index contributed by atoms with van der Waals surface area (Å²) in [6.45, 7) is 0. The number of pyridine rings is 1. The van der Waals surface area contributed by atoms with Gasteiger partial charge in [0.05, 0.1) is 0 Å². The maximum Gasteiger partial charge on any atom is 0.208 e. The molecule has 2 N–H and O–H groups in total. The number of hydrogen-bond donors (Lipinski definition) is 1. The van der Waals surface area contributed by atoms with E-state index in [4.69, 9.17) is 5.73 Å². The van der Waals surface area contributed by atoms with Crippen molar-refractivity contribution in [1.29, 1.82) is 0 Å². The number of fused-ring (bicyclic) bond motifs is 3. The van der Waals surface area contributed by atoms with Crippen molar-refractivity contribution in [3.63, 3.8) is 0 Å². The Kier molecular flexibility index (Phi) is 1.19. The largest absolute Gasteiger partial charge is 0.382 e. The van der Waals surface area contributed by atoms with Crippen molar-refractivity contribution in [3.05, 3.63) is 18.5 Å². The fourth-order valence-electron chi connectivity index (χ4n) is 1.36. The molecule has 0 aliphatic heterocycles. The summed E-state index contributed by atoms with van der Waals surface area (Å²) in [7, 11) is 0. The molecule has 0 bridgehead atoms. The second-order valence-electron chi connectivity index (χ2n) is 2.80. The number of anilines is 1. The van der Waals surface area contributed by atoms with Crippen LogP contribution in [0.3, 0.4) is 0 Å². The third-order valence-corrected chi connectivity index (χ3v) is 1.99. The highest BCUT2D eigenvalue weighted by Gasteiger charge is 2.07. The van der Waals surface area contributed by atoms with Crippen LogP contribution < -0.4 is 5.73 Å². The van der Waals surface area contributed by atoms with Crippen LogP contribution in [0.2, 0.25) is 0 Å². The minimum absolute atomic E-state index is 0.368. The van der Waals surface area contributed by atoms with Gasteiger partial charge in [-0.2, -0.15) is 0 Å². The molecule has 7 heteroatoms. The van der Waals surface area contributed by atoms with Crippen LogP contribution in [0, 0.1) is 0 Å². The van der Waals surface area contributed by atoms with E-state index in [-0.39, 0.29) is 0 Å². The molecular formula is C7H5N7. The van der Waals surface area contributed by atoms with Gasteiger partial charge < -0.3 is 5.73 Å². The zero-order valence-corrected chi connectivity index (χ0v) is 6.99. The molecule has 3 heterocycles. The first-order chi connectivity index (χ1) is 6.86. The Labute approximate surface area is 77.5 Å². The van der Waals surface area contributed by atoms with Gasteiger partial charge in [0.2, 0.25) is 5.65 Å². The van der Waals surface area contributed by atoms with Crippen LogP contribution in [0.1, 0.15) is 0 Å². The lowest BCUT2D eigenvalue weighted by Gasteiger charge is -1.99. The summed E-state index contributed by atoms with van der Waals surface area (Å²) in [6.07, 6.45) is 3.31. The second kappa shape index (κ2) is 2.34. The second-order valence-corrected chi connectivity index (χ2v) is 2.80. The number of hydrogen-bond acceptors (Lipinski definition) is 6. The van der Waals surface area contributed by atoms with Crippen molar-refractivity contribution in [3.8, 4) is 0 Å². The maximum atomic E-state index is 5.71. The molecule has 0 fully saturated rings. The van der Waals surface area contributed by atoms with E-state index in [0.29, 0.717) is 11.5 Å². The van der Waals surface area contributed by atoms with Gasteiger partial charge in [-0.1, -0.05) is 0 Å². The highest BCUT2D eigenvalue weighted by molar-refractivity contribution is 5.98. The standard InChI is InChI=1S/C7H5N7/c8-6-5-3-9-2-1-4(5)7-10-12-13-14(7)11-6/h1-3H,(H2,8,11). The van der Waals surface area contributed by atoms with E-state index in [0.717, 1.165) is 10.8 Å². The highest BCUT2D eigenvalue weighted by atomic mass is 15.6. The lowest BCUT2D eigenvalue weighted by Crippen LogP contribution is -2.01. The summed E-state index contributed by atoms with van der Waals surface area (Å²) in [6, 6.07) is 1.80. The molecule has 3 rings (SSSR count). The molecule has 68 valence electrons. The molecule has 14 heavy (non-hydrogen) atoms. The molecule has 0 spiro atoms. The van der Waals surface area contributed by atoms with E-state index in [1.807, 2.05) is 0 Å². The third kappa shape index (κ3) is 0.777. The SMILES string of the molecule is Nc1nn2nnnc2c2ccncc12. The smallest absolute Gasteiger partial charge is 0.208 e. The van der Waals surface area contributed by atoms with E-state index in [1.165, 1.54) is 4.63 Å². The Morgan fingerprint density at radius 1 is 1.29 bits per heavy atom. The minimum Gasteiger partial charge on any atom is -0.382 e. The summed E-state index contributed by atoms with van der Waals surface area (Å²) in [5, 5.41) is 16.6. The molecular weight excluding hydrogens is 182 g/mol. The summed E-state index contributed by atoms with van der Waals surface area (Å²) < 4.78 is 1.30. The fraction of sp³-hybridized carbons (Fsp3) is 0. The Balaban J connectivity index is 2.67. The predicted molar refractivity (Wildman–Crippen MR) is 48.3 cm³/mol. The monoisotopic (exact) mass is 187 g/mol. The molecule has 3 aromatic rings. The number of aromatic nitrogens is 6. The molecule has 0 amide bonds. The van der Waals surface area contributed by atoms with E-state index in [9.17, 15) is 0 Å².